The number of benzene rings is 2. The van der Waals surface area contributed by atoms with Crippen LogP contribution in [0.5, 0.6) is 5.75 Å². The van der Waals surface area contributed by atoms with Gasteiger partial charge in [0, 0.05) is 11.3 Å². The van der Waals surface area contributed by atoms with Crippen LogP contribution in [0.1, 0.15) is 25.8 Å². The van der Waals surface area contributed by atoms with Crippen LogP contribution >= 0.6 is 0 Å². The van der Waals surface area contributed by atoms with Gasteiger partial charge in [0.15, 0.2) is 11.9 Å². The van der Waals surface area contributed by atoms with Gasteiger partial charge < -0.3 is 19.8 Å². The first-order valence-electron chi connectivity index (χ1n) is 8.49. The maximum absolute atomic E-state index is 11.8. The van der Waals surface area contributed by atoms with Crippen molar-refractivity contribution < 1.29 is 13.9 Å². The summed E-state index contributed by atoms with van der Waals surface area (Å²) < 4.78 is 11.4. The Morgan fingerprint density at radius 1 is 1.19 bits per heavy atom. The van der Waals surface area contributed by atoms with Crippen molar-refractivity contribution >= 4 is 17.3 Å². The van der Waals surface area contributed by atoms with Crippen molar-refractivity contribution in [3.8, 4) is 17.1 Å². The molecule has 3 aromatic rings. The first-order valence-corrected chi connectivity index (χ1v) is 8.49. The Morgan fingerprint density at radius 2 is 2.00 bits per heavy atom. The molecule has 1 aromatic heterocycles. The minimum Gasteiger partial charge on any atom is -0.479 e. The highest BCUT2D eigenvalue weighted by Gasteiger charge is 2.24. The number of amides is 1. The first kappa shape index (κ1) is 16.2. The van der Waals surface area contributed by atoms with Gasteiger partial charge >= 0.3 is 0 Å². The molecule has 0 unspecified atom stereocenters. The summed E-state index contributed by atoms with van der Waals surface area (Å²) in [5.74, 6) is 1.84. The largest absolute Gasteiger partial charge is 0.479 e. The quantitative estimate of drug-likeness (QED) is 0.737. The van der Waals surface area contributed by atoms with E-state index >= 15 is 0 Å². The summed E-state index contributed by atoms with van der Waals surface area (Å²) in [6, 6.07) is 15.3. The topological polar surface area (TPSA) is 76.4 Å². The number of oxazole rings is 1. The van der Waals surface area contributed by atoms with Crippen molar-refractivity contribution in [2.24, 2.45) is 0 Å². The maximum Gasteiger partial charge on any atom is 0.265 e. The van der Waals surface area contributed by atoms with E-state index in [1.807, 2.05) is 55.5 Å². The third-order valence-electron chi connectivity index (χ3n) is 4.25. The number of fused-ring (bicyclic) bond motifs is 1. The summed E-state index contributed by atoms with van der Waals surface area (Å²) >= 11 is 0. The van der Waals surface area contributed by atoms with E-state index in [2.05, 4.69) is 15.6 Å². The molecule has 0 saturated heterocycles. The van der Waals surface area contributed by atoms with Crippen LogP contribution in [0, 0.1) is 0 Å². The molecule has 6 heteroatoms. The second kappa shape index (κ2) is 6.55. The summed E-state index contributed by atoms with van der Waals surface area (Å²) in [5, 5.41) is 6.18. The maximum atomic E-state index is 11.8. The van der Waals surface area contributed by atoms with E-state index in [4.69, 9.17) is 9.15 Å². The molecule has 0 fully saturated rings. The van der Waals surface area contributed by atoms with Crippen molar-refractivity contribution in [3.05, 3.63) is 60.6 Å². The molecule has 1 amide bonds. The number of hydrogen-bond acceptors (Lipinski definition) is 5. The zero-order valence-electron chi connectivity index (χ0n) is 14.5. The summed E-state index contributed by atoms with van der Waals surface area (Å²) in [6.07, 6.45) is 1.24. The highest BCUT2D eigenvalue weighted by atomic mass is 16.5. The number of rotatable bonds is 4. The number of carbonyl (C=O) groups excluding carboxylic acids is 1. The summed E-state index contributed by atoms with van der Waals surface area (Å²) in [6.45, 7) is 3.69. The van der Waals surface area contributed by atoms with Crippen molar-refractivity contribution in [3.63, 3.8) is 0 Å². The van der Waals surface area contributed by atoms with Crippen molar-refractivity contribution in [2.75, 3.05) is 10.6 Å². The fraction of sp³-hybridized carbons (Fsp3) is 0.200. The summed E-state index contributed by atoms with van der Waals surface area (Å²) in [4.78, 5) is 16.1. The molecule has 4 rings (SSSR count). The van der Waals surface area contributed by atoms with Gasteiger partial charge in [-0.2, -0.15) is 0 Å². The van der Waals surface area contributed by atoms with E-state index in [-0.39, 0.29) is 11.9 Å². The van der Waals surface area contributed by atoms with Crippen molar-refractivity contribution in [1.29, 1.82) is 0 Å². The van der Waals surface area contributed by atoms with E-state index in [0.717, 1.165) is 17.0 Å². The number of hydrogen-bond donors (Lipinski definition) is 2. The number of carbonyl (C=O) groups is 1. The monoisotopic (exact) mass is 349 g/mol. The molecule has 0 bridgehead atoms. The first-order chi connectivity index (χ1) is 12.6. The van der Waals surface area contributed by atoms with Crippen LogP contribution in [-0.4, -0.2) is 17.0 Å². The van der Waals surface area contributed by atoms with E-state index in [1.54, 1.807) is 13.1 Å². The lowest BCUT2D eigenvalue weighted by Gasteiger charge is -2.24. The molecular formula is C20H19N3O3. The van der Waals surface area contributed by atoms with Gasteiger partial charge in [0.25, 0.3) is 5.91 Å². The highest BCUT2D eigenvalue weighted by Crippen LogP contribution is 2.33. The summed E-state index contributed by atoms with van der Waals surface area (Å²) in [7, 11) is 0. The van der Waals surface area contributed by atoms with Gasteiger partial charge in [-0.15, -0.1) is 0 Å². The number of anilines is 2. The van der Waals surface area contributed by atoms with Gasteiger partial charge in [0.05, 0.1) is 11.9 Å². The zero-order valence-corrected chi connectivity index (χ0v) is 14.5. The predicted molar refractivity (Wildman–Crippen MR) is 99.1 cm³/mol. The lowest BCUT2D eigenvalue weighted by Crippen LogP contribution is -2.34. The zero-order chi connectivity index (χ0) is 18.1. The molecule has 1 aliphatic heterocycles. The summed E-state index contributed by atoms with van der Waals surface area (Å²) in [5.41, 5.74) is 2.48. The molecule has 2 atom stereocenters. The molecule has 0 saturated carbocycles. The lowest BCUT2D eigenvalue weighted by atomic mass is 10.2. The third-order valence-corrected chi connectivity index (χ3v) is 4.25. The molecule has 132 valence electrons. The van der Waals surface area contributed by atoms with Gasteiger partial charge in [-0.3, -0.25) is 4.79 Å². The van der Waals surface area contributed by atoms with Gasteiger partial charge in [-0.05, 0) is 32.0 Å². The average Bonchev–Trinajstić information content (AvgIpc) is 3.14. The van der Waals surface area contributed by atoms with Crippen LogP contribution < -0.4 is 15.4 Å². The van der Waals surface area contributed by atoms with Gasteiger partial charge in [0.1, 0.15) is 11.8 Å². The number of nitrogens with zero attached hydrogens (tertiary/aromatic N) is 1. The number of ether oxygens (including phenoxy) is 1. The highest BCUT2D eigenvalue weighted by molar-refractivity contribution is 5.98. The van der Waals surface area contributed by atoms with E-state index in [0.29, 0.717) is 17.3 Å². The van der Waals surface area contributed by atoms with Crippen LogP contribution in [0.2, 0.25) is 0 Å². The molecule has 0 spiro atoms. The van der Waals surface area contributed by atoms with Gasteiger partial charge in [-0.1, -0.05) is 30.3 Å². The Balaban J connectivity index is 1.50. The standard InChI is InChI=1S/C20H19N3O3/c1-12(20-21-11-18(26-20)14-6-4-3-5-7-14)22-15-8-9-17-16(10-15)23-19(24)13(2)25-17/h3-13,22H,1-2H3,(H,23,24)/t12-,13+/m0/s1. The Labute approximate surface area is 151 Å². The Hall–Kier alpha value is -3.28. The van der Waals surface area contributed by atoms with Crippen LogP contribution in [0.25, 0.3) is 11.3 Å². The fourth-order valence-electron chi connectivity index (χ4n) is 2.83. The molecular weight excluding hydrogens is 330 g/mol. The lowest BCUT2D eigenvalue weighted by molar-refractivity contribution is -0.122. The Kier molecular flexibility index (Phi) is 4.08. The minimum absolute atomic E-state index is 0.135. The van der Waals surface area contributed by atoms with Crippen LogP contribution in [0.3, 0.4) is 0 Å². The fourth-order valence-corrected chi connectivity index (χ4v) is 2.83. The van der Waals surface area contributed by atoms with E-state index < -0.39 is 6.10 Å². The smallest absolute Gasteiger partial charge is 0.265 e. The van der Waals surface area contributed by atoms with Crippen LogP contribution in [-0.2, 0) is 4.79 Å². The molecule has 0 aliphatic carbocycles. The predicted octanol–water partition coefficient (Wildman–Crippen LogP) is 4.23. The Bertz CT molecular complexity index is 936. The second-order valence-corrected chi connectivity index (χ2v) is 6.26. The molecule has 26 heavy (non-hydrogen) atoms. The minimum atomic E-state index is -0.482. The SMILES string of the molecule is C[C@H](Nc1ccc2c(c1)NC(=O)[C@@H](C)O2)c1ncc(-c2ccccc2)o1. The molecule has 2 N–H and O–H groups in total. The van der Waals surface area contributed by atoms with Gasteiger partial charge in [-0.25, -0.2) is 4.98 Å². The van der Waals surface area contributed by atoms with E-state index in [1.165, 1.54) is 0 Å². The molecule has 2 heterocycles. The third kappa shape index (κ3) is 3.13. The van der Waals surface area contributed by atoms with Gasteiger partial charge in [0.2, 0.25) is 5.89 Å². The Morgan fingerprint density at radius 3 is 2.81 bits per heavy atom. The molecule has 2 aromatic carbocycles. The normalized spacial score (nSPS) is 17.0. The van der Waals surface area contributed by atoms with Crippen LogP contribution in [0.4, 0.5) is 11.4 Å². The second-order valence-electron chi connectivity index (χ2n) is 6.26. The molecule has 1 aliphatic rings. The molecule has 0 radical (unpaired) electrons. The number of aromatic nitrogens is 1. The van der Waals surface area contributed by atoms with Crippen LogP contribution in [0.15, 0.2) is 59.1 Å². The van der Waals surface area contributed by atoms with E-state index in [9.17, 15) is 4.79 Å². The van der Waals surface area contributed by atoms with Crippen molar-refractivity contribution in [1.82, 2.24) is 4.98 Å². The molecule has 6 nitrogen and oxygen atoms in total. The number of nitrogens with one attached hydrogen (secondary N) is 2. The average molecular weight is 349 g/mol. The van der Waals surface area contributed by atoms with Crippen molar-refractivity contribution in [2.45, 2.75) is 26.0 Å².